The number of aromatic nitrogens is 2. The molecule has 2 aromatic heterocycles. The SMILES string of the molecule is COCCCn1cc(C)nc1NC(C)c1cccs1. The quantitative estimate of drug-likeness (QED) is 0.789. The molecule has 0 aliphatic heterocycles. The van der Waals surface area contributed by atoms with Crippen LogP contribution in [-0.4, -0.2) is 23.3 Å². The van der Waals surface area contributed by atoms with Gasteiger partial charge < -0.3 is 14.6 Å². The molecule has 0 radical (unpaired) electrons. The van der Waals surface area contributed by atoms with E-state index in [0.717, 1.165) is 31.2 Å². The molecule has 2 heterocycles. The summed E-state index contributed by atoms with van der Waals surface area (Å²) in [5, 5.41) is 5.58. The summed E-state index contributed by atoms with van der Waals surface area (Å²) in [6.07, 6.45) is 3.08. The number of imidazole rings is 1. The second-order valence-corrected chi connectivity index (χ2v) is 5.61. The van der Waals surface area contributed by atoms with Crippen molar-refractivity contribution in [1.29, 1.82) is 0 Å². The second-order valence-electron chi connectivity index (χ2n) is 4.63. The monoisotopic (exact) mass is 279 g/mol. The van der Waals surface area contributed by atoms with Crippen LogP contribution in [0.15, 0.2) is 23.7 Å². The van der Waals surface area contributed by atoms with Crippen molar-refractivity contribution in [3.63, 3.8) is 0 Å². The van der Waals surface area contributed by atoms with E-state index in [0.29, 0.717) is 0 Å². The zero-order valence-corrected chi connectivity index (χ0v) is 12.5. The second kappa shape index (κ2) is 6.73. The average Bonchev–Trinajstić information content (AvgIpc) is 3.00. The lowest BCUT2D eigenvalue weighted by Gasteiger charge is -2.14. The van der Waals surface area contributed by atoms with Crippen LogP contribution >= 0.6 is 11.3 Å². The molecule has 1 N–H and O–H groups in total. The highest BCUT2D eigenvalue weighted by Crippen LogP contribution is 2.22. The summed E-state index contributed by atoms with van der Waals surface area (Å²) in [4.78, 5) is 5.88. The summed E-state index contributed by atoms with van der Waals surface area (Å²) in [5.74, 6) is 0.939. The van der Waals surface area contributed by atoms with E-state index in [9.17, 15) is 0 Å². The number of hydrogen-bond donors (Lipinski definition) is 1. The van der Waals surface area contributed by atoms with Crippen LogP contribution in [-0.2, 0) is 11.3 Å². The topological polar surface area (TPSA) is 39.1 Å². The molecule has 104 valence electrons. The van der Waals surface area contributed by atoms with Crippen molar-refractivity contribution >= 4 is 17.3 Å². The van der Waals surface area contributed by atoms with Crippen molar-refractivity contribution in [3.8, 4) is 0 Å². The predicted molar refractivity (Wildman–Crippen MR) is 79.8 cm³/mol. The number of methoxy groups -OCH3 is 1. The van der Waals surface area contributed by atoms with Crippen LogP contribution in [0, 0.1) is 6.92 Å². The number of nitrogens with one attached hydrogen (secondary N) is 1. The zero-order valence-electron chi connectivity index (χ0n) is 11.7. The average molecular weight is 279 g/mol. The molecular formula is C14H21N3OS. The van der Waals surface area contributed by atoms with Gasteiger partial charge in [-0.2, -0.15) is 0 Å². The summed E-state index contributed by atoms with van der Waals surface area (Å²) in [7, 11) is 1.73. The van der Waals surface area contributed by atoms with Gasteiger partial charge in [0.2, 0.25) is 5.95 Å². The van der Waals surface area contributed by atoms with Crippen LogP contribution in [0.5, 0.6) is 0 Å². The Labute approximate surface area is 118 Å². The van der Waals surface area contributed by atoms with Crippen molar-refractivity contribution in [3.05, 3.63) is 34.3 Å². The van der Waals surface area contributed by atoms with Gasteiger partial charge in [-0.1, -0.05) is 6.07 Å². The van der Waals surface area contributed by atoms with Gasteiger partial charge in [-0.25, -0.2) is 4.98 Å². The Bertz CT molecular complexity index is 493. The maximum atomic E-state index is 5.10. The minimum atomic E-state index is 0.281. The van der Waals surface area contributed by atoms with Gasteiger partial charge in [0.25, 0.3) is 0 Å². The molecule has 0 fully saturated rings. The summed E-state index contributed by atoms with van der Waals surface area (Å²) >= 11 is 1.76. The van der Waals surface area contributed by atoms with E-state index in [1.165, 1.54) is 4.88 Å². The fourth-order valence-corrected chi connectivity index (χ4v) is 2.75. The first-order valence-corrected chi connectivity index (χ1v) is 7.41. The molecular weight excluding hydrogens is 258 g/mol. The van der Waals surface area contributed by atoms with E-state index < -0.39 is 0 Å². The molecule has 4 nitrogen and oxygen atoms in total. The van der Waals surface area contributed by atoms with Crippen LogP contribution in [0.4, 0.5) is 5.95 Å². The van der Waals surface area contributed by atoms with E-state index in [1.807, 2.05) is 6.92 Å². The summed E-state index contributed by atoms with van der Waals surface area (Å²) in [6.45, 7) is 5.88. The molecule has 2 rings (SSSR count). The Hall–Kier alpha value is -1.33. The van der Waals surface area contributed by atoms with Crippen LogP contribution in [0.3, 0.4) is 0 Å². The molecule has 0 amide bonds. The summed E-state index contributed by atoms with van der Waals surface area (Å²) < 4.78 is 7.26. The van der Waals surface area contributed by atoms with Crippen LogP contribution in [0.2, 0.25) is 0 Å². The van der Waals surface area contributed by atoms with E-state index in [2.05, 4.69) is 45.5 Å². The Morgan fingerprint density at radius 1 is 1.53 bits per heavy atom. The van der Waals surface area contributed by atoms with Gasteiger partial charge in [-0.05, 0) is 31.7 Å². The van der Waals surface area contributed by atoms with Gasteiger partial charge in [0, 0.05) is 31.3 Å². The first kappa shape index (κ1) is 14.1. The lowest BCUT2D eigenvalue weighted by Crippen LogP contribution is -2.11. The van der Waals surface area contributed by atoms with Gasteiger partial charge in [-0.15, -0.1) is 11.3 Å². The lowest BCUT2D eigenvalue weighted by atomic mass is 10.3. The van der Waals surface area contributed by atoms with Crippen molar-refractivity contribution in [2.24, 2.45) is 0 Å². The van der Waals surface area contributed by atoms with Crippen LogP contribution < -0.4 is 5.32 Å². The fourth-order valence-electron chi connectivity index (χ4n) is 2.01. The minimum absolute atomic E-state index is 0.281. The number of anilines is 1. The molecule has 0 saturated carbocycles. The molecule has 0 aliphatic rings. The Balaban J connectivity index is 2.02. The Morgan fingerprint density at radius 2 is 2.37 bits per heavy atom. The van der Waals surface area contributed by atoms with Crippen molar-refractivity contribution in [2.45, 2.75) is 32.9 Å². The number of rotatable bonds is 7. The molecule has 19 heavy (non-hydrogen) atoms. The third-order valence-corrected chi connectivity index (χ3v) is 4.02. The van der Waals surface area contributed by atoms with Gasteiger partial charge >= 0.3 is 0 Å². The highest BCUT2D eigenvalue weighted by Gasteiger charge is 2.11. The largest absolute Gasteiger partial charge is 0.385 e. The van der Waals surface area contributed by atoms with Crippen LogP contribution in [0.25, 0.3) is 0 Å². The Kier molecular flexibility index (Phi) is 4.99. The number of hydrogen-bond acceptors (Lipinski definition) is 4. The molecule has 5 heteroatoms. The first-order valence-electron chi connectivity index (χ1n) is 6.53. The number of ether oxygens (including phenoxy) is 1. The number of nitrogens with zero attached hydrogens (tertiary/aromatic N) is 2. The highest BCUT2D eigenvalue weighted by atomic mass is 32.1. The molecule has 0 saturated heterocycles. The maximum absolute atomic E-state index is 5.10. The minimum Gasteiger partial charge on any atom is -0.385 e. The van der Waals surface area contributed by atoms with Crippen LogP contribution in [0.1, 0.15) is 30.0 Å². The van der Waals surface area contributed by atoms with E-state index in [-0.39, 0.29) is 6.04 Å². The molecule has 1 atom stereocenters. The first-order chi connectivity index (χ1) is 9.20. The lowest BCUT2D eigenvalue weighted by molar-refractivity contribution is 0.190. The highest BCUT2D eigenvalue weighted by molar-refractivity contribution is 7.10. The molecule has 2 aromatic rings. The third kappa shape index (κ3) is 3.81. The molecule has 0 spiro atoms. The van der Waals surface area contributed by atoms with Gasteiger partial charge in [-0.3, -0.25) is 0 Å². The fraction of sp³-hybridized carbons (Fsp3) is 0.500. The van der Waals surface area contributed by atoms with Gasteiger partial charge in [0.1, 0.15) is 0 Å². The number of thiophene rings is 1. The zero-order chi connectivity index (χ0) is 13.7. The molecule has 0 bridgehead atoms. The molecule has 1 unspecified atom stereocenters. The van der Waals surface area contributed by atoms with Crippen molar-refractivity contribution in [2.75, 3.05) is 19.0 Å². The van der Waals surface area contributed by atoms with E-state index in [1.54, 1.807) is 18.4 Å². The third-order valence-electron chi connectivity index (χ3n) is 2.96. The Morgan fingerprint density at radius 3 is 3.05 bits per heavy atom. The van der Waals surface area contributed by atoms with Gasteiger partial charge in [0.15, 0.2) is 0 Å². The summed E-state index contributed by atoms with van der Waals surface area (Å²) in [6, 6.07) is 4.50. The number of aryl methyl sites for hydroxylation is 2. The summed E-state index contributed by atoms with van der Waals surface area (Å²) in [5.41, 5.74) is 1.04. The van der Waals surface area contributed by atoms with Crippen molar-refractivity contribution in [1.82, 2.24) is 9.55 Å². The van der Waals surface area contributed by atoms with Crippen molar-refractivity contribution < 1.29 is 4.74 Å². The standard InChI is InChI=1S/C14H21N3OS/c1-11-10-17(7-5-8-18-3)14(15-11)16-12(2)13-6-4-9-19-13/h4,6,9-10,12H,5,7-8H2,1-3H3,(H,15,16). The molecule has 0 aromatic carbocycles. The normalized spacial score (nSPS) is 12.6. The molecule has 0 aliphatic carbocycles. The van der Waals surface area contributed by atoms with E-state index in [4.69, 9.17) is 4.74 Å². The van der Waals surface area contributed by atoms with E-state index >= 15 is 0 Å². The smallest absolute Gasteiger partial charge is 0.203 e. The maximum Gasteiger partial charge on any atom is 0.203 e. The predicted octanol–water partition coefficient (Wildman–Crippen LogP) is 3.46. The van der Waals surface area contributed by atoms with Gasteiger partial charge in [0.05, 0.1) is 11.7 Å².